The quantitative estimate of drug-likeness (QED) is 0.238. The van der Waals surface area contributed by atoms with Crippen LogP contribution in [0.25, 0.3) is 5.57 Å². The van der Waals surface area contributed by atoms with Crippen molar-refractivity contribution in [2.24, 2.45) is 0 Å². The molecule has 0 aliphatic carbocycles. The number of ether oxygens (including phenoxy) is 1. The minimum atomic E-state index is -0.410. The van der Waals surface area contributed by atoms with Gasteiger partial charge in [0, 0.05) is 30.4 Å². The van der Waals surface area contributed by atoms with Crippen molar-refractivity contribution < 1.29 is 13.9 Å². The van der Waals surface area contributed by atoms with Gasteiger partial charge >= 0.3 is 5.97 Å². The molecule has 1 heterocycles. The Balaban J connectivity index is 2.60. The van der Waals surface area contributed by atoms with Crippen LogP contribution in [0.1, 0.15) is 90.8 Å². The molecular weight excluding hydrogens is 401 g/mol. The number of carbonyl (C=O) groups is 1. The summed E-state index contributed by atoms with van der Waals surface area (Å²) >= 11 is 0. The van der Waals surface area contributed by atoms with Crippen molar-refractivity contribution in [1.82, 2.24) is 0 Å². The fourth-order valence-electron chi connectivity index (χ4n) is 4.16. The third-order valence-corrected chi connectivity index (χ3v) is 6.23. The maximum atomic E-state index is 15.4. The second-order valence-corrected chi connectivity index (χ2v) is 9.69. The number of benzene rings is 1. The Morgan fingerprint density at radius 3 is 2.50 bits per heavy atom. The average molecular weight is 442 g/mol. The molecule has 0 N–H and O–H groups in total. The molecule has 176 valence electrons. The fourth-order valence-corrected chi connectivity index (χ4v) is 4.16. The lowest BCUT2D eigenvalue weighted by molar-refractivity contribution is -0.137. The zero-order chi connectivity index (χ0) is 24.1. The number of esters is 1. The highest BCUT2D eigenvalue weighted by molar-refractivity contribution is 5.84. The Labute approximate surface area is 194 Å². The first kappa shape index (κ1) is 25.9. The third kappa shape index (κ3) is 6.11. The summed E-state index contributed by atoms with van der Waals surface area (Å²) in [4.78, 5) is 14.1. The van der Waals surface area contributed by atoms with Crippen LogP contribution in [0.15, 0.2) is 41.8 Å². The molecule has 0 fully saturated rings. The van der Waals surface area contributed by atoms with E-state index in [1.165, 1.54) is 29.0 Å². The molecule has 0 atom stereocenters. The number of rotatable bonds is 8. The van der Waals surface area contributed by atoms with Crippen LogP contribution >= 0.6 is 0 Å². The topological polar surface area (TPSA) is 29.5 Å². The minimum absolute atomic E-state index is 0.0464. The molecule has 2 rings (SSSR count). The summed E-state index contributed by atoms with van der Waals surface area (Å²) in [7, 11) is 0. The molecule has 3 nitrogen and oxygen atoms in total. The van der Waals surface area contributed by atoms with Gasteiger partial charge in [0.25, 0.3) is 0 Å². The summed E-state index contributed by atoms with van der Waals surface area (Å²) in [5.74, 6) is -0.339. The summed E-state index contributed by atoms with van der Waals surface area (Å²) < 4.78 is 20.3. The standard InChI is InChI=1S/C28H40FNO2/c1-9-14-30-15-13-28(7,8)24-18-22(19(3)4)17-23(27(24)30)21(6)25(29)12-11-20(5)16-26(31)32-10-2/h11-12,16-19H,9-10,13-15H2,1-8H3. The van der Waals surface area contributed by atoms with Crippen LogP contribution in [0, 0.1) is 0 Å². The van der Waals surface area contributed by atoms with Crippen LogP contribution in [0.2, 0.25) is 0 Å². The molecule has 1 aromatic carbocycles. The van der Waals surface area contributed by atoms with E-state index in [1.54, 1.807) is 19.9 Å². The molecule has 0 spiro atoms. The van der Waals surface area contributed by atoms with Crippen molar-refractivity contribution in [3.05, 3.63) is 58.5 Å². The molecule has 0 saturated carbocycles. The predicted octanol–water partition coefficient (Wildman–Crippen LogP) is 7.47. The number of anilines is 1. The van der Waals surface area contributed by atoms with Crippen LogP contribution in [0.3, 0.4) is 0 Å². The molecule has 0 saturated heterocycles. The van der Waals surface area contributed by atoms with E-state index in [0.29, 0.717) is 23.7 Å². The van der Waals surface area contributed by atoms with Crippen molar-refractivity contribution in [2.75, 3.05) is 24.6 Å². The SMILES string of the molecule is CCCN1CCC(C)(C)c2cc(C(C)C)cc(C(C)=C(F)C=CC(C)=CC(=O)OCC)c21. The van der Waals surface area contributed by atoms with Gasteiger partial charge in [-0.1, -0.05) is 46.8 Å². The van der Waals surface area contributed by atoms with Crippen molar-refractivity contribution >= 4 is 17.2 Å². The predicted molar refractivity (Wildman–Crippen MR) is 134 cm³/mol. The van der Waals surface area contributed by atoms with E-state index in [9.17, 15) is 4.79 Å². The maximum absolute atomic E-state index is 15.4. The van der Waals surface area contributed by atoms with Gasteiger partial charge in [-0.05, 0) is 79.4 Å². The molecular formula is C28H40FNO2. The molecule has 1 aliphatic heterocycles. The first-order chi connectivity index (χ1) is 15.0. The van der Waals surface area contributed by atoms with E-state index in [2.05, 4.69) is 51.7 Å². The van der Waals surface area contributed by atoms with Gasteiger partial charge in [-0.2, -0.15) is 0 Å². The summed E-state index contributed by atoms with van der Waals surface area (Å²) in [5, 5.41) is 0. The van der Waals surface area contributed by atoms with Gasteiger partial charge in [-0.3, -0.25) is 0 Å². The van der Waals surface area contributed by atoms with E-state index in [4.69, 9.17) is 4.74 Å². The van der Waals surface area contributed by atoms with Crippen LogP contribution in [-0.4, -0.2) is 25.7 Å². The van der Waals surface area contributed by atoms with Gasteiger partial charge in [0.05, 0.1) is 6.61 Å². The Morgan fingerprint density at radius 1 is 1.22 bits per heavy atom. The molecule has 0 unspecified atom stereocenters. The van der Waals surface area contributed by atoms with E-state index >= 15 is 4.39 Å². The van der Waals surface area contributed by atoms with E-state index < -0.39 is 5.97 Å². The molecule has 1 aromatic rings. The zero-order valence-electron chi connectivity index (χ0n) is 21.1. The first-order valence-electron chi connectivity index (χ1n) is 11.8. The van der Waals surface area contributed by atoms with Crippen molar-refractivity contribution in [1.29, 1.82) is 0 Å². The highest BCUT2D eigenvalue weighted by atomic mass is 19.1. The lowest BCUT2D eigenvalue weighted by atomic mass is 9.74. The second-order valence-electron chi connectivity index (χ2n) is 9.69. The number of hydrogen-bond donors (Lipinski definition) is 0. The summed E-state index contributed by atoms with van der Waals surface area (Å²) in [6.45, 7) is 18.8. The average Bonchev–Trinajstić information content (AvgIpc) is 2.73. The fraction of sp³-hybridized carbons (Fsp3) is 0.536. The maximum Gasteiger partial charge on any atom is 0.330 e. The summed E-state index contributed by atoms with van der Waals surface area (Å²) in [5.41, 5.74) is 6.02. The monoisotopic (exact) mass is 441 g/mol. The smallest absolute Gasteiger partial charge is 0.330 e. The lowest BCUT2D eigenvalue weighted by Crippen LogP contribution is -2.38. The van der Waals surface area contributed by atoms with E-state index in [-0.39, 0.29) is 11.2 Å². The minimum Gasteiger partial charge on any atom is -0.463 e. The summed E-state index contributed by atoms with van der Waals surface area (Å²) in [6.07, 6.45) is 6.60. The number of allylic oxidation sites excluding steroid dienone is 5. The second kappa shape index (κ2) is 11.0. The highest BCUT2D eigenvalue weighted by Gasteiger charge is 2.33. The Bertz CT molecular complexity index is 922. The normalized spacial score (nSPS) is 16.9. The van der Waals surface area contributed by atoms with Gasteiger partial charge in [-0.15, -0.1) is 0 Å². The zero-order valence-corrected chi connectivity index (χ0v) is 21.1. The number of hydrogen-bond acceptors (Lipinski definition) is 3. The van der Waals surface area contributed by atoms with Crippen molar-refractivity contribution in [3.8, 4) is 0 Å². The molecule has 0 aromatic heterocycles. The number of carbonyl (C=O) groups excluding carboxylic acids is 1. The largest absolute Gasteiger partial charge is 0.463 e. The van der Waals surface area contributed by atoms with Crippen molar-refractivity contribution in [3.63, 3.8) is 0 Å². The van der Waals surface area contributed by atoms with Crippen molar-refractivity contribution in [2.45, 2.75) is 79.6 Å². The highest BCUT2D eigenvalue weighted by Crippen LogP contribution is 2.45. The van der Waals surface area contributed by atoms with Gasteiger partial charge in [0.2, 0.25) is 0 Å². The van der Waals surface area contributed by atoms with Gasteiger partial charge in [0.1, 0.15) is 5.83 Å². The number of halogens is 1. The molecule has 0 bridgehead atoms. The Morgan fingerprint density at radius 2 is 1.91 bits per heavy atom. The molecule has 32 heavy (non-hydrogen) atoms. The molecule has 0 radical (unpaired) electrons. The Kier molecular flexibility index (Phi) is 8.89. The summed E-state index contributed by atoms with van der Waals surface area (Å²) in [6, 6.07) is 4.50. The van der Waals surface area contributed by atoms with Crippen LogP contribution in [0.4, 0.5) is 10.1 Å². The van der Waals surface area contributed by atoms with Crippen LogP contribution in [-0.2, 0) is 14.9 Å². The van der Waals surface area contributed by atoms with E-state index in [0.717, 1.165) is 31.5 Å². The molecule has 1 aliphatic rings. The number of nitrogens with zero attached hydrogens (tertiary/aromatic N) is 1. The lowest BCUT2D eigenvalue weighted by Gasteiger charge is -2.42. The molecule has 0 amide bonds. The van der Waals surface area contributed by atoms with Crippen LogP contribution in [0.5, 0.6) is 0 Å². The van der Waals surface area contributed by atoms with E-state index in [1.807, 2.05) is 6.92 Å². The van der Waals surface area contributed by atoms with Gasteiger partial charge in [-0.25, -0.2) is 9.18 Å². The number of fused-ring (bicyclic) bond motifs is 1. The van der Waals surface area contributed by atoms with Crippen LogP contribution < -0.4 is 4.90 Å². The first-order valence-corrected chi connectivity index (χ1v) is 11.8. The third-order valence-electron chi connectivity index (χ3n) is 6.23. The molecule has 4 heteroatoms. The Hall–Kier alpha value is -2.36. The van der Waals surface area contributed by atoms with Gasteiger partial charge in [0.15, 0.2) is 0 Å². The van der Waals surface area contributed by atoms with Gasteiger partial charge < -0.3 is 9.64 Å².